The average Bonchev–Trinajstić information content (AvgIpc) is 2.34. The van der Waals surface area contributed by atoms with Gasteiger partial charge in [-0.2, -0.15) is 0 Å². The third kappa shape index (κ3) is 4.81. The van der Waals surface area contributed by atoms with Crippen LogP contribution in [0.3, 0.4) is 0 Å². The van der Waals surface area contributed by atoms with E-state index in [-0.39, 0.29) is 24.5 Å². The van der Waals surface area contributed by atoms with Crippen LogP contribution < -0.4 is 4.74 Å². The normalized spacial score (nSPS) is 11.2. The number of hydrogen-bond acceptors (Lipinski definition) is 4. The van der Waals surface area contributed by atoms with Crippen molar-refractivity contribution >= 4 is 23.4 Å². The SMILES string of the molecule is COc1ncc(Cl)cc1C(=O)CCC(C)(C)CC(=O)O. The van der Waals surface area contributed by atoms with E-state index in [1.165, 1.54) is 19.4 Å². The van der Waals surface area contributed by atoms with Gasteiger partial charge in [-0.15, -0.1) is 0 Å². The van der Waals surface area contributed by atoms with E-state index in [2.05, 4.69) is 4.98 Å². The van der Waals surface area contributed by atoms with E-state index in [0.29, 0.717) is 17.0 Å². The third-order valence-electron chi connectivity index (χ3n) is 2.97. The molecule has 0 radical (unpaired) electrons. The first kappa shape index (κ1) is 16.4. The number of aliphatic carboxylic acids is 1. The molecule has 1 aromatic heterocycles. The van der Waals surface area contributed by atoms with Gasteiger partial charge in [0.05, 0.1) is 24.1 Å². The Balaban J connectivity index is 2.77. The quantitative estimate of drug-likeness (QED) is 0.782. The van der Waals surface area contributed by atoms with E-state index in [4.69, 9.17) is 21.4 Å². The van der Waals surface area contributed by atoms with Gasteiger partial charge in [-0.25, -0.2) is 4.98 Å². The third-order valence-corrected chi connectivity index (χ3v) is 3.18. The monoisotopic (exact) mass is 299 g/mol. The molecule has 1 heterocycles. The van der Waals surface area contributed by atoms with Gasteiger partial charge >= 0.3 is 5.97 Å². The number of hydrogen-bond donors (Lipinski definition) is 1. The molecule has 1 aromatic rings. The number of ketones is 1. The standard InChI is InChI=1S/C14H18ClNO4/c1-14(2,7-12(18)19)5-4-11(17)10-6-9(15)8-16-13(10)20-3/h6,8H,4-5,7H2,1-3H3,(H,18,19). The summed E-state index contributed by atoms with van der Waals surface area (Å²) in [7, 11) is 1.43. The van der Waals surface area contributed by atoms with E-state index in [9.17, 15) is 9.59 Å². The summed E-state index contributed by atoms with van der Waals surface area (Å²) in [4.78, 5) is 26.9. The van der Waals surface area contributed by atoms with Gasteiger partial charge in [-0.05, 0) is 17.9 Å². The van der Waals surface area contributed by atoms with Crippen molar-refractivity contribution in [3.63, 3.8) is 0 Å². The van der Waals surface area contributed by atoms with Crippen molar-refractivity contribution < 1.29 is 19.4 Å². The zero-order chi connectivity index (χ0) is 15.3. The molecular formula is C14H18ClNO4. The molecule has 20 heavy (non-hydrogen) atoms. The fourth-order valence-corrected chi connectivity index (χ4v) is 2.03. The van der Waals surface area contributed by atoms with Crippen molar-refractivity contribution in [3.8, 4) is 5.88 Å². The van der Waals surface area contributed by atoms with Crippen LogP contribution in [-0.2, 0) is 4.79 Å². The second-order valence-corrected chi connectivity index (χ2v) is 5.80. The Kier molecular flexibility index (Phi) is 5.51. The van der Waals surface area contributed by atoms with Crippen molar-refractivity contribution in [1.82, 2.24) is 4.98 Å². The highest BCUT2D eigenvalue weighted by Gasteiger charge is 2.24. The molecule has 0 spiro atoms. The number of carboxylic acid groups (broad SMARTS) is 1. The highest BCUT2D eigenvalue weighted by atomic mass is 35.5. The summed E-state index contributed by atoms with van der Waals surface area (Å²) in [6.45, 7) is 3.64. The molecule has 0 aromatic carbocycles. The molecule has 6 heteroatoms. The van der Waals surface area contributed by atoms with Gasteiger partial charge in [0.15, 0.2) is 5.78 Å². The number of carbonyl (C=O) groups is 2. The molecule has 0 atom stereocenters. The minimum Gasteiger partial charge on any atom is -0.481 e. The minimum atomic E-state index is -0.871. The second-order valence-electron chi connectivity index (χ2n) is 5.37. The summed E-state index contributed by atoms with van der Waals surface area (Å²) < 4.78 is 5.03. The van der Waals surface area contributed by atoms with Crippen LogP contribution in [0.25, 0.3) is 0 Å². The molecule has 0 saturated carbocycles. The maximum atomic E-state index is 12.2. The number of halogens is 1. The molecule has 0 aliphatic rings. The Morgan fingerprint density at radius 2 is 2.10 bits per heavy atom. The summed E-state index contributed by atoms with van der Waals surface area (Å²) in [5, 5.41) is 9.18. The Hall–Kier alpha value is -1.62. The van der Waals surface area contributed by atoms with Crippen LogP contribution in [0.2, 0.25) is 5.02 Å². The zero-order valence-electron chi connectivity index (χ0n) is 11.8. The van der Waals surface area contributed by atoms with E-state index >= 15 is 0 Å². The van der Waals surface area contributed by atoms with Crippen LogP contribution in [0.5, 0.6) is 5.88 Å². The number of carbonyl (C=O) groups excluding carboxylic acids is 1. The molecule has 110 valence electrons. The van der Waals surface area contributed by atoms with Gasteiger partial charge in [0.1, 0.15) is 0 Å². The molecule has 1 N–H and O–H groups in total. The topological polar surface area (TPSA) is 76.5 Å². The Labute approximate surface area is 122 Å². The number of ether oxygens (including phenoxy) is 1. The number of pyridine rings is 1. The highest BCUT2D eigenvalue weighted by Crippen LogP contribution is 2.29. The number of methoxy groups -OCH3 is 1. The lowest BCUT2D eigenvalue weighted by Crippen LogP contribution is -2.18. The van der Waals surface area contributed by atoms with Gasteiger partial charge in [-0.1, -0.05) is 25.4 Å². The summed E-state index contributed by atoms with van der Waals surface area (Å²) in [5.74, 6) is -0.796. The Morgan fingerprint density at radius 3 is 2.65 bits per heavy atom. The second kappa shape index (κ2) is 6.70. The zero-order valence-corrected chi connectivity index (χ0v) is 12.5. The van der Waals surface area contributed by atoms with Gasteiger partial charge in [0.25, 0.3) is 0 Å². The van der Waals surface area contributed by atoms with E-state index in [1.54, 1.807) is 0 Å². The number of Topliss-reactive ketones (excluding diaryl/α,β-unsaturated/α-hetero) is 1. The molecular weight excluding hydrogens is 282 g/mol. The first-order valence-electron chi connectivity index (χ1n) is 6.20. The van der Waals surface area contributed by atoms with Crippen molar-refractivity contribution in [3.05, 3.63) is 22.8 Å². The smallest absolute Gasteiger partial charge is 0.303 e. The Morgan fingerprint density at radius 1 is 1.45 bits per heavy atom. The lowest BCUT2D eigenvalue weighted by molar-refractivity contribution is -0.139. The van der Waals surface area contributed by atoms with Crippen LogP contribution in [0.4, 0.5) is 0 Å². The van der Waals surface area contributed by atoms with Crippen molar-refractivity contribution in [2.75, 3.05) is 7.11 Å². The molecule has 0 amide bonds. The van der Waals surface area contributed by atoms with Crippen LogP contribution in [0.1, 0.15) is 43.5 Å². The largest absolute Gasteiger partial charge is 0.481 e. The molecule has 5 nitrogen and oxygen atoms in total. The van der Waals surface area contributed by atoms with Crippen molar-refractivity contribution in [1.29, 1.82) is 0 Å². The van der Waals surface area contributed by atoms with E-state index in [1.807, 2.05) is 13.8 Å². The minimum absolute atomic E-state index is 0.0191. The highest BCUT2D eigenvalue weighted by molar-refractivity contribution is 6.30. The molecule has 0 saturated heterocycles. The maximum Gasteiger partial charge on any atom is 0.303 e. The first-order valence-corrected chi connectivity index (χ1v) is 6.57. The average molecular weight is 300 g/mol. The van der Waals surface area contributed by atoms with Crippen LogP contribution >= 0.6 is 11.6 Å². The number of nitrogens with zero attached hydrogens (tertiary/aromatic N) is 1. The number of rotatable bonds is 7. The first-order chi connectivity index (χ1) is 9.25. The molecule has 0 aliphatic heterocycles. The summed E-state index contributed by atoms with van der Waals surface area (Å²) >= 11 is 5.83. The molecule has 0 fully saturated rings. The predicted octanol–water partition coefficient (Wildman–Crippen LogP) is 3.21. The summed E-state index contributed by atoms with van der Waals surface area (Å²) in [5.41, 5.74) is -0.119. The van der Waals surface area contributed by atoms with Gasteiger partial charge in [0, 0.05) is 12.6 Å². The molecule has 0 unspecified atom stereocenters. The van der Waals surface area contributed by atoms with Crippen LogP contribution in [0.15, 0.2) is 12.3 Å². The Bertz CT molecular complexity index is 514. The van der Waals surface area contributed by atoms with Crippen LogP contribution in [-0.4, -0.2) is 29.0 Å². The van der Waals surface area contributed by atoms with Gasteiger partial charge in [0.2, 0.25) is 5.88 Å². The van der Waals surface area contributed by atoms with E-state index < -0.39 is 11.4 Å². The lowest BCUT2D eigenvalue weighted by atomic mass is 9.83. The van der Waals surface area contributed by atoms with Crippen LogP contribution in [0, 0.1) is 5.41 Å². The maximum absolute atomic E-state index is 12.2. The summed E-state index contributed by atoms with van der Waals surface area (Å²) in [6.07, 6.45) is 2.11. The lowest BCUT2D eigenvalue weighted by Gasteiger charge is -2.21. The number of carboxylic acids is 1. The molecule has 0 bridgehead atoms. The fraction of sp³-hybridized carbons (Fsp3) is 0.500. The van der Waals surface area contributed by atoms with Gasteiger partial charge < -0.3 is 9.84 Å². The van der Waals surface area contributed by atoms with E-state index in [0.717, 1.165) is 0 Å². The predicted molar refractivity (Wildman–Crippen MR) is 75.4 cm³/mol. The molecule has 1 rings (SSSR count). The fourth-order valence-electron chi connectivity index (χ4n) is 1.87. The van der Waals surface area contributed by atoms with Crippen molar-refractivity contribution in [2.45, 2.75) is 33.1 Å². The van der Waals surface area contributed by atoms with Crippen molar-refractivity contribution in [2.24, 2.45) is 5.41 Å². The molecule has 0 aliphatic carbocycles. The summed E-state index contributed by atoms with van der Waals surface area (Å²) in [6, 6.07) is 1.51. The number of aromatic nitrogens is 1. The van der Waals surface area contributed by atoms with Gasteiger partial charge in [-0.3, -0.25) is 9.59 Å².